The highest BCUT2D eigenvalue weighted by Gasteiger charge is 2.44. The van der Waals surface area contributed by atoms with E-state index in [4.69, 9.17) is 25.8 Å². The molecule has 8 heteroatoms. The molecule has 0 bridgehead atoms. The summed E-state index contributed by atoms with van der Waals surface area (Å²) in [7, 11) is 0. The van der Waals surface area contributed by atoms with Gasteiger partial charge in [0.15, 0.2) is 11.5 Å². The van der Waals surface area contributed by atoms with E-state index < -0.39 is 37.1 Å². The van der Waals surface area contributed by atoms with Gasteiger partial charge in [-0.2, -0.15) is 0 Å². The number of ether oxygens (including phenoxy) is 3. The van der Waals surface area contributed by atoms with Gasteiger partial charge in [0.2, 0.25) is 0 Å². The lowest BCUT2D eigenvalue weighted by Gasteiger charge is -2.40. The minimum absolute atomic E-state index is 0.473. The Bertz CT molecular complexity index is 872. The molecular formula is C21H23ClO7. The molecule has 156 valence electrons. The number of aliphatic hydroxyl groups excluding tert-OH is 4. The molecule has 2 heterocycles. The van der Waals surface area contributed by atoms with E-state index in [1.165, 1.54) is 0 Å². The van der Waals surface area contributed by atoms with Crippen LogP contribution < -0.4 is 9.47 Å². The first kappa shape index (κ1) is 20.4. The largest absolute Gasteiger partial charge is 0.486 e. The number of aliphatic hydroxyl groups is 4. The average molecular weight is 423 g/mol. The van der Waals surface area contributed by atoms with E-state index in [1.54, 1.807) is 18.2 Å². The van der Waals surface area contributed by atoms with E-state index >= 15 is 0 Å². The Morgan fingerprint density at radius 2 is 1.66 bits per heavy atom. The van der Waals surface area contributed by atoms with Gasteiger partial charge < -0.3 is 34.6 Å². The SMILES string of the molecule is OCC1OC(c2ccc(Cl)c(Cc3ccc4c(c3)OCCO4)c2)C(O)C(O)C1O. The van der Waals surface area contributed by atoms with Gasteiger partial charge in [-0.1, -0.05) is 29.8 Å². The zero-order valence-electron chi connectivity index (χ0n) is 15.6. The predicted octanol–water partition coefficient (Wildman–Crippen LogP) is 1.22. The lowest BCUT2D eigenvalue weighted by atomic mass is 9.90. The molecule has 0 spiro atoms. The molecule has 4 rings (SSSR count). The molecule has 0 saturated carbocycles. The summed E-state index contributed by atoms with van der Waals surface area (Å²) in [4.78, 5) is 0. The predicted molar refractivity (Wildman–Crippen MR) is 104 cm³/mol. The van der Waals surface area contributed by atoms with E-state index in [2.05, 4.69) is 0 Å². The topological polar surface area (TPSA) is 109 Å². The quantitative estimate of drug-likeness (QED) is 0.586. The molecule has 5 atom stereocenters. The molecule has 5 unspecified atom stereocenters. The highest BCUT2D eigenvalue weighted by atomic mass is 35.5. The summed E-state index contributed by atoms with van der Waals surface area (Å²) in [6, 6.07) is 10.9. The van der Waals surface area contributed by atoms with Gasteiger partial charge in [-0.15, -0.1) is 0 Å². The molecule has 1 fully saturated rings. The molecule has 0 aromatic heterocycles. The summed E-state index contributed by atoms with van der Waals surface area (Å²) in [6.07, 6.45) is -5.51. The Morgan fingerprint density at radius 1 is 0.897 bits per heavy atom. The van der Waals surface area contributed by atoms with Gasteiger partial charge in [0.05, 0.1) is 6.61 Å². The van der Waals surface area contributed by atoms with Crippen LogP contribution >= 0.6 is 11.6 Å². The fourth-order valence-corrected chi connectivity index (χ4v) is 3.89. The van der Waals surface area contributed by atoms with Crippen molar-refractivity contribution in [2.75, 3.05) is 19.8 Å². The Balaban J connectivity index is 1.59. The summed E-state index contributed by atoms with van der Waals surface area (Å²) in [5, 5.41) is 40.4. The van der Waals surface area contributed by atoms with Gasteiger partial charge in [0.25, 0.3) is 0 Å². The number of rotatable bonds is 4. The molecule has 2 aliphatic heterocycles. The van der Waals surface area contributed by atoms with Gasteiger partial charge in [0, 0.05) is 5.02 Å². The zero-order valence-corrected chi connectivity index (χ0v) is 16.3. The lowest BCUT2D eigenvalue weighted by molar-refractivity contribution is -0.231. The van der Waals surface area contributed by atoms with E-state index in [9.17, 15) is 20.4 Å². The van der Waals surface area contributed by atoms with Crippen molar-refractivity contribution in [3.05, 3.63) is 58.1 Å². The van der Waals surface area contributed by atoms with Crippen molar-refractivity contribution in [3.8, 4) is 11.5 Å². The third-order valence-electron chi connectivity index (χ3n) is 5.29. The van der Waals surface area contributed by atoms with Gasteiger partial charge in [-0.05, 0) is 41.3 Å². The van der Waals surface area contributed by atoms with Crippen LogP contribution in [0.4, 0.5) is 0 Å². The Labute approximate surface area is 173 Å². The van der Waals surface area contributed by atoms with Crippen LogP contribution in [0.1, 0.15) is 22.8 Å². The molecule has 2 aromatic carbocycles. The van der Waals surface area contributed by atoms with Crippen LogP contribution in [0.3, 0.4) is 0 Å². The number of benzene rings is 2. The van der Waals surface area contributed by atoms with Crippen LogP contribution in [0.25, 0.3) is 0 Å². The van der Waals surface area contributed by atoms with Gasteiger partial charge >= 0.3 is 0 Å². The van der Waals surface area contributed by atoms with Gasteiger partial charge in [0.1, 0.15) is 43.7 Å². The van der Waals surface area contributed by atoms with Crippen LogP contribution in [0.5, 0.6) is 11.5 Å². The van der Waals surface area contributed by atoms with E-state index in [-0.39, 0.29) is 0 Å². The second-order valence-corrected chi connectivity index (χ2v) is 7.66. The van der Waals surface area contributed by atoms with E-state index in [0.717, 1.165) is 11.1 Å². The van der Waals surface area contributed by atoms with E-state index in [0.29, 0.717) is 41.7 Å². The minimum Gasteiger partial charge on any atom is -0.486 e. The van der Waals surface area contributed by atoms with Crippen molar-refractivity contribution in [3.63, 3.8) is 0 Å². The fourth-order valence-electron chi connectivity index (χ4n) is 3.70. The summed E-state index contributed by atoms with van der Waals surface area (Å²) >= 11 is 6.38. The number of hydrogen-bond donors (Lipinski definition) is 4. The first-order valence-electron chi connectivity index (χ1n) is 9.45. The smallest absolute Gasteiger partial charge is 0.161 e. The first-order chi connectivity index (χ1) is 14.0. The van der Waals surface area contributed by atoms with Crippen LogP contribution in [0.2, 0.25) is 5.02 Å². The van der Waals surface area contributed by atoms with Crippen LogP contribution in [0.15, 0.2) is 36.4 Å². The van der Waals surface area contributed by atoms with E-state index in [1.807, 2.05) is 18.2 Å². The molecule has 29 heavy (non-hydrogen) atoms. The van der Waals surface area contributed by atoms with Crippen molar-refractivity contribution in [2.24, 2.45) is 0 Å². The molecule has 1 saturated heterocycles. The van der Waals surface area contributed by atoms with Crippen LogP contribution in [-0.2, 0) is 11.2 Å². The Morgan fingerprint density at radius 3 is 2.41 bits per heavy atom. The maximum atomic E-state index is 10.4. The molecular weight excluding hydrogens is 400 g/mol. The maximum Gasteiger partial charge on any atom is 0.161 e. The van der Waals surface area contributed by atoms with Gasteiger partial charge in [-0.25, -0.2) is 0 Å². The molecule has 2 aliphatic rings. The maximum absolute atomic E-state index is 10.4. The van der Waals surface area contributed by atoms with Crippen molar-refractivity contribution in [2.45, 2.75) is 36.9 Å². The highest BCUT2D eigenvalue weighted by Crippen LogP contribution is 2.35. The summed E-state index contributed by atoms with van der Waals surface area (Å²) in [5.74, 6) is 1.40. The standard InChI is InChI=1S/C21H23ClO7/c22-14-3-2-12(21-20(26)19(25)18(24)17(10-23)29-21)9-13(14)7-11-1-4-15-16(8-11)28-6-5-27-15/h1-4,8-9,17-21,23-26H,5-7,10H2. The zero-order chi connectivity index (χ0) is 20.5. The average Bonchev–Trinajstić information content (AvgIpc) is 2.74. The van der Waals surface area contributed by atoms with Crippen LogP contribution in [-0.4, -0.2) is 64.7 Å². The molecule has 4 N–H and O–H groups in total. The third-order valence-corrected chi connectivity index (χ3v) is 5.66. The lowest BCUT2D eigenvalue weighted by Crippen LogP contribution is -2.55. The Hall–Kier alpha value is -1.87. The summed E-state index contributed by atoms with van der Waals surface area (Å²) in [6.45, 7) is 0.558. The Kier molecular flexibility index (Phi) is 5.96. The summed E-state index contributed by atoms with van der Waals surface area (Å²) < 4.78 is 16.8. The van der Waals surface area contributed by atoms with Gasteiger partial charge in [-0.3, -0.25) is 0 Å². The highest BCUT2D eigenvalue weighted by molar-refractivity contribution is 6.31. The monoisotopic (exact) mass is 422 g/mol. The van der Waals surface area contributed by atoms with Crippen molar-refractivity contribution < 1.29 is 34.6 Å². The number of halogens is 1. The first-order valence-corrected chi connectivity index (χ1v) is 9.83. The molecule has 2 aromatic rings. The van der Waals surface area contributed by atoms with Crippen LogP contribution in [0, 0.1) is 0 Å². The number of fused-ring (bicyclic) bond motifs is 1. The fraction of sp³-hybridized carbons (Fsp3) is 0.429. The second-order valence-electron chi connectivity index (χ2n) is 7.26. The minimum atomic E-state index is -1.43. The molecule has 0 radical (unpaired) electrons. The van der Waals surface area contributed by atoms with Crippen molar-refractivity contribution in [1.29, 1.82) is 0 Å². The second kappa shape index (κ2) is 8.47. The number of hydrogen-bond acceptors (Lipinski definition) is 7. The third kappa shape index (κ3) is 4.07. The molecule has 0 amide bonds. The van der Waals surface area contributed by atoms with Crippen molar-refractivity contribution in [1.82, 2.24) is 0 Å². The summed E-state index contributed by atoms with van der Waals surface area (Å²) in [5.41, 5.74) is 2.37. The van der Waals surface area contributed by atoms with Crippen molar-refractivity contribution >= 4 is 11.6 Å². The molecule has 0 aliphatic carbocycles. The molecule has 7 nitrogen and oxygen atoms in total. The normalized spacial score (nSPS) is 28.9.